The van der Waals surface area contributed by atoms with Crippen LogP contribution in [0.5, 0.6) is 0 Å². The van der Waals surface area contributed by atoms with Crippen LogP contribution in [0.3, 0.4) is 0 Å². The summed E-state index contributed by atoms with van der Waals surface area (Å²) in [5.74, 6) is 0. The van der Waals surface area contributed by atoms with E-state index in [0.717, 1.165) is 39.3 Å². The molecule has 2 nitrogen and oxygen atoms in total. The predicted octanol–water partition coefficient (Wildman–Crippen LogP) is 7.40. The topological polar surface area (TPSA) is 25.8 Å². The molecule has 0 aliphatic rings. The van der Waals surface area contributed by atoms with Crippen LogP contribution >= 0.6 is 0 Å². The van der Waals surface area contributed by atoms with Gasteiger partial charge in [-0.2, -0.15) is 0 Å². The van der Waals surface area contributed by atoms with Gasteiger partial charge in [0.25, 0.3) is 0 Å². The molecule has 0 amide bonds. The SMILES string of the molecule is CC(C)(c1cccc(-c2[c-]c(-c3cccc(-c4[c-]cccc4)n3)ccc2)c1)c1ccccn1.[Pt+2]. The predicted molar refractivity (Wildman–Crippen MR) is 135 cm³/mol. The largest absolute Gasteiger partial charge is 2.00 e. The van der Waals surface area contributed by atoms with Crippen LogP contribution in [-0.2, 0) is 26.5 Å². The summed E-state index contributed by atoms with van der Waals surface area (Å²) in [6.07, 6.45) is 1.85. The fourth-order valence-electron chi connectivity index (χ4n) is 4.03. The molecule has 5 rings (SSSR count). The van der Waals surface area contributed by atoms with Crippen molar-refractivity contribution in [1.82, 2.24) is 9.97 Å². The fourth-order valence-corrected chi connectivity index (χ4v) is 4.03. The summed E-state index contributed by atoms with van der Waals surface area (Å²) < 4.78 is 0. The third kappa shape index (κ3) is 4.93. The summed E-state index contributed by atoms with van der Waals surface area (Å²) in [6, 6.07) is 41.8. The molecule has 2 heterocycles. The Bertz CT molecular complexity index is 1380. The van der Waals surface area contributed by atoms with Crippen LogP contribution in [0, 0.1) is 12.1 Å². The van der Waals surface area contributed by atoms with Gasteiger partial charge in [0.2, 0.25) is 0 Å². The van der Waals surface area contributed by atoms with Gasteiger partial charge in [0.05, 0.1) is 5.69 Å². The Labute approximate surface area is 216 Å². The van der Waals surface area contributed by atoms with E-state index >= 15 is 0 Å². The number of benzene rings is 3. The second-order valence-corrected chi connectivity index (χ2v) is 8.58. The maximum absolute atomic E-state index is 4.87. The average Bonchev–Trinajstić information content (AvgIpc) is 2.90. The normalized spacial score (nSPS) is 11.0. The zero-order chi connectivity index (χ0) is 22.7. The van der Waals surface area contributed by atoms with Crippen LogP contribution in [-0.4, -0.2) is 9.97 Å². The molecule has 3 aromatic carbocycles. The van der Waals surface area contributed by atoms with Gasteiger partial charge in [-0.05, 0) is 29.1 Å². The maximum atomic E-state index is 4.87. The quantitative estimate of drug-likeness (QED) is 0.192. The van der Waals surface area contributed by atoms with Crippen molar-refractivity contribution in [2.24, 2.45) is 0 Å². The zero-order valence-corrected chi connectivity index (χ0v) is 21.4. The first kappa shape index (κ1) is 23.8. The molecule has 0 atom stereocenters. The van der Waals surface area contributed by atoms with Crippen molar-refractivity contribution >= 4 is 0 Å². The third-order valence-electron chi connectivity index (χ3n) is 6.01. The Morgan fingerprint density at radius 1 is 0.676 bits per heavy atom. The monoisotopic (exact) mass is 619 g/mol. The van der Waals surface area contributed by atoms with Gasteiger partial charge in [0, 0.05) is 11.6 Å². The molecule has 0 spiro atoms. The molecule has 0 N–H and O–H groups in total. The zero-order valence-electron chi connectivity index (χ0n) is 19.1. The van der Waals surface area contributed by atoms with Crippen molar-refractivity contribution in [2.45, 2.75) is 19.3 Å². The van der Waals surface area contributed by atoms with Gasteiger partial charge in [0.1, 0.15) is 0 Å². The van der Waals surface area contributed by atoms with Gasteiger partial charge in [-0.25, -0.2) is 0 Å². The second-order valence-electron chi connectivity index (χ2n) is 8.58. The average molecular weight is 620 g/mol. The van der Waals surface area contributed by atoms with Crippen molar-refractivity contribution in [3.8, 4) is 33.6 Å². The van der Waals surface area contributed by atoms with E-state index in [-0.39, 0.29) is 26.5 Å². The van der Waals surface area contributed by atoms with E-state index in [1.54, 1.807) is 0 Å². The Morgan fingerprint density at radius 3 is 2.15 bits per heavy atom. The Morgan fingerprint density at radius 2 is 1.38 bits per heavy atom. The van der Waals surface area contributed by atoms with Crippen LogP contribution < -0.4 is 0 Å². The summed E-state index contributed by atoms with van der Waals surface area (Å²) in [5.41, 5.74) is 8.02. The van der Waals surface area contributed by atoms with Gasteiger partial charge < -0.3 is 4.98 Å². The number of aromatic nitrogens is 2. The van der Waals surface area contributed by atoms with Crippen LogP contribution in [0.25, 0.3) is 33.6 Å². The molecule has 0 fully saturated rings. The van der Waals surface area contributed by atoms with E-state index in [1.165, 1.54) is 5.56 Å². The van der Waals surface area contributed by atoms with E-state index < -0.39 is 0 Å². The van der Waals surface area contributed by atoms with Gasteiger partial charge in [-0.1, -0.05) is 73.5 Å². The first-order valence-corrected chi connectivity index (χ1v) is 11.1. The van der Waals surface area contributed by atoms with Crippen molar-refractivity contribution in [2.75, 3.05) is 0 Å². The van der Waals surface area contributed by atoms with E-state index in [1.807, 2.05) is 60.8 Å². The molecular weight excluding hydrogens is 595 g/mol. The van der Waals surface area contributed by atoms with Crippen molar-refractivity contribution in [1.29, 1.82) is 0 Å². The summed E-state index contributed by atoms with van der Waals surface area (Å²) in [5, 5.41) is 0. The van der Waals surface area contributed by atoms with Crippen molar-refractivity contribution in [3.63, 3.8) is 0 Å². The molecule has 0 saturated carbocycles. The molecule has 0 aliphatic carbocycles. The number of pyridine rings is 2. The number of nitrogens with zero attached hydrogens (tertiary/aromatic N) is 2. The molecule has 3 heteroatoms. The summed E-state index contributed by atoms with van der Waals surface area (Å²) >= 11 is 0. The van der Waals surface area contributed by atoms with E-state index in [2.05, 4.69) is 79.5 Å². The minimum atomic E-state index is -0.197. The van der Waals surface area contributed by atoms with Gasteiger partial charge >= 0.3 is 21.1 Å². The molecule has 34 heavy (non-hydrogen) atoms. The van der Waals surface area contributed by atoms with Crippen molar-refractivity contribution < 1.29 is 21.1 Å². The van der Waals surface area contributed by atoms with Crippen LogP contribution in [0.1, 0.15) is 25.1 Å². The minimum Gasteiger partial charge on any atom is -0.335 e. The molecular formula is C31H24N2Pt. The van der Waals surface area contributed by atoms with Crippen molar-refractivity contribution in [3.05, 3.63) is 133 Å². The second kappa shape index (κ2) is 10.3. The number of rotatable bonds is 5. The van der Waals surface area contributed by atoms with E-state index in [0.29, 0.717) is 0 Å². The summed E-state index contributed by atoms with van der Waals surface area (Å²) in [4.78, 5) is 9.47. The van der Waals surface area contributed by atoms with E-state index in [4.69, 9.17) is 4.98 Å². The Balaban J connectivity index is 0.00000274. The first-order valence-electron chi connectivity index (χ1n) is 11.1. The molecule has 2 aromatic heterocycles. The maximum Gasteiger partial charge on any atom is 2.00 e. The third-order valence-corrected chi connectivity index (χ3v) is 6.01. The first-order chi connectivity index (χ1) is 16.1. The number of hydrogen-bond donors (Lipinski definition) is 0. The molecule has 0 aliphatic heterocycles. The molecule has 0 saturated heterocycles. The molecule has 0 radical (unpaired) electrons. The molecule has 0 bridgehead atoms. The van der Waals surface area contributed by atoms with Gasteiger partial charge in [-0.3, -0.25) is 4.98 Å². The van der Waals surface area contributed by atoms with Crippen LogP contribution in [0.4, 0.5) is 0 Å². The van der Waals surface area contributed by atoms with Crippen LogP contribution in [0.2, 0.25) is 0 Å². The standard InChI is InChI=1S/C31H24N2.Pt/c1-31(2,30-19-6-7-20-32-30)27-16-9-14-25(22-27)24-13-8-15-26(21-24)29-18-10-17-28(33-29)23-11-4-3-5-12-23;/h3-11,13-20,22H,1-2H3;/q-2;+2. The Hall–Kier alpha value is -3.35. The van der Waals surface area contributed by atoms with Crippen LogP contribution in [0.15, 0.2) is 109 Å². The van der Waals surface area contributed by atoms with E-state index in [9.17, 15) is 0 Å². The fraction of sp³-hybridized carbons (Fsp3) is 0.0968. The summed E-state index contributed by atoms with van der Waals surface area (Å²) in [6.45, 7) is 4.43. The molecule has 5 aromatic rings. The Kier molecular flexibility index (Phi) is 7.20. The molecule has 0 unspecified atom stereocenters. The molecule has 168 valence electrons. The van der Waals surface area contributed by atoms with Gasteiger partial charge in [-0.15, -0.1) is 65.7 Å². The number of hydrogen-bond acceptors (Lipinski definition) is 2. The van der Waals surface area contributed by atoms with Gasteiger partial charge in [0.15, 0.2) is 0 Å². The minimum absolute atomic E-state index is 0. The smallest absolute Gasteiger partial charge is 0.335 e. The summed E-state index contributed by atoms with van der Waals surface area (Å²) in [7, 11) is 0.